The largest absolute Gasteiger partial charge is 0.192 e. The van der Waals surface area contributed by atoms with Crippen LogP contribution in [0.4, 0.5) is 0 Å². The maximum absolute atomic E-state index is 9.43. The number of rotatable bonds is 5. The molecule has 1 nitrogen and oxygen atoms in total. The van der Waals surface area contributed by atoms with Gasteiger partial charge in [0.25, 0.3) is 0 Å². The fourth-order valence-corrected chi connectivity index (χ4v) is 4.13. The van der Waals surface area contributed by atoms with Crippen molar-refractivity contribution in [1.29, 1.82) is 5.26 Å². The molecule has 1 fully saturated rings. The van der Waals surface area contributed by atoms with E-state index in [1.165, 1.54) is 36.8 Å². The van der Waals surface area contributed by atoms with Crippen molar-refractivity contribution in [1.82, 2.24) is 0 Å². The fourth-order valence-electron chi connectivity index (χ4n) is 4.13. The molecule has 0 atom stereocenters. The van der Waals surface area contributed by atoms with Crippen molar-refractivity contribution in [2.24, 2.45) is 5.92 Å². The van der Waals surface area contributed by atoms with Gasteiger partial charge in [-0.25, -0.2) is 0 Å². The van der Waals surface area contributed by atoms with Gasteiger partial charge >= 0.3 is 0 Å². The molecule has 1 heteroatoms. The second-order valence-corrected chi connectivity index (χ2v) is 8.00. The number of benzene rings is 2. The quantitative estimate of drug-likeness (QED) is 0.532. The summed E-state index contributed by atoms with van der Waals surface area (Å²) in [6, 6.07) is 17.7. The number of aryl methyl sites for hydroxylation is 2. The summed E-state index contributed by atoms with van der Waals surface area (Å²) in [6.45, 7) is 4.39. The normalized spacial score (nSPS) is 18.8. The molecule has 0 amide bonds. The third kappa shape index (κ3) is 5.27. The van der Waals surface area contributed by atoms with Crippen molar-refractivity contribution in [3.8, 4) is 17.9 Å². The van der Waals surface area contributed by atoms with Crippen LogP contribution in [0.25, 0.3) is 0 Å². The molecule has 1 aliphatic rings. The molecule has 2 aromatic carbocycles. The predicted octanol–water partition coefficient (Wildman–Crippen LogP) is 6.79. The zero-order valence-electron chi connectivity index (χ0n) is 17.3. The Morgan fingerprint density at radius 1 is 0.964 bits per heavy atom. The second kappa shape index (κ2) is 10.1. The number of unbranched alkanes of at least 4 members (excludes halogenated alkanes) is 1. The van der Waals surface area contributed by atoms with Crippen molar-refractivity contribution in [2.75, 3.05) is 0 Å². The molecule has 1 aliphatic carbocycles. The summed E-state index contributed by atoms with van der Waals surface area (Å²) in [7, 11) is 0. The average molecular weight is 370 g/mol. The van der Waals surface area contributed by atoms with E-state index in [0.29, 0.717) is 11.8 Å². The first-order chi connectivity index (χ1) is 13.7. The van der Waals surface area contributed by atoms with Crippen LogP contribution in [0.3, 0.4) is 0 Å². The molecule has 0 heterocycles. The summed E-state index contributed by atoms with van der Waals surface area (Å²) in [6.07, 6.45) is 9.17. The van der Waals surface area contributed by atoms with Gasteiger partial charge in [0.2, 0.25) is 0 Å². The first-order valence-corrected chi connectivity index (χ1v) is 10.9. The monoisotopic (exact) mass is 369 g/mol. The Kier molecular flexibility index (Phi) is 7.33. The molecule has 1 saturated carbocycles. The third-order valence-electron chi connectivity index (χ3n) is 6.04. The second-order valence-electron chi connectivity index (χ2n) is 8.00. The molecule has 144 valence electrons. The number of nitrogens with zero attached hydrogens (tertiary/aromatic N) is 1. The lowest BCUT2D eigenvalue weighted by Crippen LogP contribution is -2.12. The molecule has 0 unspecified atom stereocenters. The van der Waals surface area contributed by atoms with E-state index >= 15 is 0 Å². The van der Waals surface area contributed by atoms with Gasteiger partial charge in [-0.2, -0.15) is 5.26 Å². The Balaban J connectivity index is 1.59. The molecule has 0 bridgehead atoms. The van der Waals surface area contributed by atoms with E-state index in [1.807, 2.05) is 6.07 Å². The van der Waals surface area contributed by atoms with Crippen LogP contribution in [-0.2, 0) is 12.8 Å². The van der Waals surface area contributed by atoms with Crippen molar-refractivity contribution >= 4 is 0 Å². The van der Waals surface area contributed by atoms with Crippen LogP contribution < -0.4 is 0 Å². The van der Waals surface area contributed by atoms with Crippen LogP contribution in [0.15, 0.2) is 42.5 Å². The van der Waals surface area contributed by atoms with E-state index in [2.05, 4.69) is 68.2 Å². The Morgan fingerprint density at radius 3 is 2.36 bits per heavy atom. The molecule has 0 aliphatic heterocycles. The van der Waals surface area contributed by atoms with Crippen LogP contribution in [0.2, 0.25) is 0 Å². The molecule has 0 saturated heterocycles. The maximum atomic E-state index is 9.43. The minimum atomic E-state index is 0.483. The highest BCUT2D eigenvalue weighted by molar-refractivity contribution is 5.46. The number of nitriles is 1. The van der Waals surface area contributed by atoms with Crippen LogP contribution >= 0.6 is 0 Å². The molecule has 0 radical (unpaired) electrons. The summed E-state index contributed by atoms with van der Waals surface area (Å²) in [5, 5.41) is 9.43. The molecule has 0 spiro atoms. The Morgan fingerprint density at radius 2 is 1.71 bits per heavy atom. The van der Waals surface area contributed by atoms with Crippen LogP contribution in [0.5, 0.6) is 0 Å². The van der Waals surface area contributed by atoms with Gasteiger partial charge < -0.3 is 0 Å². The van der Waals surface area contributed by atoms with Gasteiger partial charge in [0.1, 0.15) is 0 Å². The van der Waals surface area contributed by atoms with E-state index in [4.69, 9.17) is 0 Å². The van der Waals surface area contributed by atoms with Gasteiger partial charge in [0.15, 0.2) is 0 Å². The molecular weight excluding hydrogens is 338 g/mol. The van der Waals surface area contributed by atoms with Crippen molar-refractivity contribution in [2.45, 2.75) is 71.1 Å². The standard InChI is InChI=1S/C27H31N/c1-3-5-6-24-18-13-23(19-27(24)20-28)8-7-22-11-16-26(17-12-22)25-14-9-21(4-2)10-15-25/h9-10,13-15,18-19,22,26H,3-6,11-12,16-17H2,1-2H3/t22-,26-. The van der Waals surface area contributed by atoms with E-state index < -0.39 is 0 Å². The van der Waals surface area contributed by atoms with Crippen LogP contribution in [0, 0.1) is 29.1 Å². The first-order valence-electron chi connectivity index (χ1n) is 10.9. The lowest BCUT2D eigenvalue weighted by atomic mass is 9.79. The molecule has 0 N–H and O–H groups in total. The lowest BCUT2D eigenvalue weighted by molar-refractivity contribution is 0.384. The van der Waals surface area contributed by atoms with Gasteiger partial charge in [-0.3, -0.25) is 0 Å². The van der Waals surface area contributed by atoms with Crippen molar-refractivity contribution in [3.05, 3.63) is 70.3 Å². The fraction of sp³-hybridized carbons (Fsp3) is 0.444. The Labute approximate surface area is 170 Å². The summed E-state index contributed by atoms with van der Waals surface area (Å²) in [5.74, 6) is 7.99. The Bertz CT molecular complexity index is 865. The highest BCUT2D eigenvalue weighted by Gasteiger charge is 2.21. The highest BCUT2D eigenvalue weighted by atomic mass is 14.3. The van der Waals surface area contributed by atoms with Crippen molar-refractivity contribution in [3.63, 3.8) is 0 Å². The zero-order valence-corrected chi connectivity index (χ0v) is 17.3. The number of hydrogen-bond acceptors (Lipinski definition) is 1. The third-order valence-corrected chi connectivity index (χ3v) is 6.04. The van der Waals surface area contributed by atoms with Gasteiger partial charge in [-0.15, -0.1) is 0 Å². The first kappa shape index (κ1) is 20.2. The van der Waals surface area contributed by atoms with E-state index in [-0.39, 0.29) is 0 Å². The molecule has 2 aromatic rings. The van der Waals surface area contributed by atoms with Crippen LogP contribution in [0.1, 0.15) is 86.1 Å². The lowest BCUT2D eigenvalue weighted by Gasteiger charge is -2.26. The smallest absolute Gasteiger partial charge is 0.0994 e. The molecule has 3 rings (SSSR count). The molecule has 28 heavy (non-hydrogen) atoms. The summed E-state index contributed by atoms with van der Waals surface area (Å²) in [5.41, 5.74) is 5.84. The Hall–Kier alpha value is -2.51. The maximum Gasteiger partial charge on any atom is 0.0994 e. The summed E-state index contributed by atoms with van der Waals surface area (Å²) < 4.78 is 0. The van der Waals surface area contributed by atoms with Crippen LogP contribution in [-0.4, -0.2) is 0 Å². The van der Waals surface area contributed by atoms with Gasteiger partial charge in [0.05, 0.1) is 11.6 Å². The van der Waals surface area contributed by atoms with Gasteiger partial charge in [0, 0.05) is 11.5 Å². The number of hydrogen-bond donors (Lipinski definition) is 0. The highest BCUT2D eigenvalue weighted by Crippen LogP contribution is 2.35. The van der Waals surface area contributed by atoms with E-state index in [1.54, 1.807) is 0 Å². The van der Waals surface area contributed by atoms with Gasteiger partial charge in [-0.1, -0.05) is 62.4 Å². The summed E-state index contributed by atoms with van der Waals surface area (Å²) >= 11 is 0. The zero-order chi connectivity index (χ0) is 19.8. The average Bonchev–Trinajstić information content (AvgIpc) is 2.77. The van der Waals surface area contributed by atoms with E-state index in [9.17, 15) is 5.26 Å². The minimum absolute atomic E-state index is 0.483. The SMILES string of the molecule is CCCCc1ccc(C#C[C@H]2CC[C@H](c3ccc(CC)cc3)CC2)cc1C#N. The predicted molar refractivity (Wildman–Crippen MR) is 117 cm³/mol. The topological polar surface area (TPSA) is 23.8 Å². The summed E-state index contributed by atoms with van der Waals surface area (Å²) in [4.78, 5) is 0. The molecule has 0 aromatic heterocycles. The minimum Gasteiger partial charge on any atom is -0.192 e. The molecular formula is C27H31N. The van der Waals surface area contributed by atoms with Crippen molar-refractivity contribution < 1.29 is 0 Å². The van der Waals surface area contributed by atoms with E-state index in [0.717, 1.165) is 42.4 Å². The van der Waals surface area contributed by atoms with Gasteiger partial charge in [-0.05, 0) is 79.7 Å².